The van der Waals surface area contributed by atoms with Gasteiger partial charge in [-0.2, -0.15) is 0 Å². The molecule has 5 N–H and O–H groups in total. The van der Waals surface area contributed by atoms with Crippen LogP contribution in [0, 0.1) is 0 Å². The van der Waals surface area contributed by atoms with Crippen molar-refractivity contribution >= 4 is 11.8 Å². The third-order valence-corrected chi connectivity index (χ3v) is 2.61. The number of aliphatic imine (C=N–C) groups is 1. The number of nitrogens with zero attached hydrogens (tertiary/aromatic N) is 1. The fraction of sp³-hybridized carbons (Fsp3) is 0.692. The highest BCUT2D eigenvalue weighted by atomic mass is 16.4. The van der Waals surface area contributed by atoms with E-state index in [1.54, 1.807) is 6.08 Å². The summed E-state index contributed by atoms with van der Waals surface area (Å²) in [6.45, 7) is 4.08. The highest BCUT2D eigenvalue weighted by Gasteiger charge is 2.08. The summed E-state index contributed by atoms with van der Waals surface area (Å²) in [7, 11) is 0. The van der Waals surface area contributed by atoms with Crippen molar-refractivity contribution in [2.24, 2.45) is 16.5 Å². The first-order chi connectivity index (χ1) is 8.51. The number of carboxylic acids is 1. The molecular formula is C13H25N3O2. The number of aliphatic carboxylic acids is 1. The quantitative estimate of drug-likeness (QED) is 0.331. The van der Waals surface area contributed by atoms with Crippen molar-refractivity contribution < 1.29 is 9.90 Å². The lowest BCUT2D eigenvalue weighted by atomic mass is 10.1. The van der Waals surface area contributed by atoms with Crippen molar-refractivity contribution in [3.63, 3.8) is 0 Å². The van der Waals surface area contributed by atoms with E-state index < -0.39 is 12.0 Å². The number of nitrogens with two attached hydrogens (primary N) is 2. The number of carbonyl (C=O) groups is 1. The fourth-order valence-electron chi connectivity index (χ4n) is 1.49. The Morgan fingerprint density at radius 2 is 1.94 bits per heavy atom. The number of hydrogen-bond acceptors (Lipinski definition) is 3. The van der Waals surface area contributed by atoms with E-state index in [1.165, 1.54) is 0 Å². The molecule has 0 aromatic rings. The summed E-state index contributed by atoms with van der Waals surface area (Å²) in [4.78, 5) is 14.9. The van der Waals surface area contributed by atoms with Crippen LogP contribution in [0.2, 0.25) is 0 Å². The second kappa shape index (κ2) is 9.65. The minimum absolute atomic E-state index is 0.187. The van der Waals surface area contributed by atoms with Crippen molar-refractivity contribution in [2.45, 2.75) is 58.0 Å². The summed E-state index contributed by atoms with van der Waals surface area (Å²) < 4.78 is 0. The Balaban J connectivity index is 4.18. The molecule has 0 heterocycles. The molecule has 0 aliphatic heterocycles. The standard InChI is InChI=1S/C13H25N3O2/c1-3-7-10(16-12(15)4-2)8-5-6-9-11(14)13(17)18/h5-6,10-11H,3-4,7-9,14H2,1-2H3,(H2,15,16)(H,17,18)/b6-5+/t10-,11?/m1/s1. The van der Waals surface area contributed by atoms with Gasteiger partial charge < -0.3 is 16.6 Å². The molecule has 2 atom stereocenters. The molecule has 0 fully saturated rings. The Bertz CT molecular complexity index is 301. The summed E-state index contributed by atoms with van der Waals surface area (Å²) in [5.74, 6) is -0.304. The SMILES string of the molecule is CCC[C@H](C/C=C/CC(N)C(=O)O)N=C(N)CC. The molecule has 0 saturated heterocycles. The second-order valence-corrected chi connectivity index (χ2v) is 4.30. The summed E-state index contributed by atoms with van der Waals surface area (Å²) in [5.41, 5.74) is 11.1. The number of rotatable bonds is 9. The normalized spacial score (nSPS) is 15.8. The molecule has 0 aliphatic rings. The van der Waals surface area contributed by atoms with Crippen molar-refractivity contribution in [1.82, 2.24) is 0 Å². The smallest absolute Gasteiger partial charge is 0.320 e. The largest absolute Gasteiger partial charge is 0.480 e. The summed E-state index contributed by atoms with van der Waals surface area (Å²) in [6, 6.07) is -0.637. The van der Waals surface area contributed by atoms with Crippen LogP contribution in [0.15, 0.2) is 17.1 Å². The van der Waals surface area contributed by atoms with Gasteiger partial charge in [0.2, 0.25) is 0 Å². The van der Waals surface area contributed by atoms with Gasteiger partial charge in [0.05, 0.1) is 11.9 Å². The first-order valence-electron chi connectivity index (χ1n) is 6.46. The van der Waals surface area contributed by atoms with Gasteiger partial charge in [0, 0.05) is 6.42 Å². The monoisotopic (exact) mass is 255 g/mol. The van der Waals surface area contributed by atoms with E-state index in [0.717, 1.165) is 25.7 Å². The second-order valence-electron chi connectivity index (χ2n) is 4.30. The Hall–Kier alpha value is -1.36. The number of carboxylic acid groups (broad SMARTS) is 1. The zero-order valence-corrected chi connectivity index (χ0v) is 11.3. The molecule has 5 heteroatoms. The van der Waals surface area contributed by atoms with E-state index in [4.69, 9.17) is 16.6 Å². The minimum atomic E-state index is -0.974. The first-order valence-corrected chi connectivity index (χ1v) is 6.46. The Morgan fingerprint density at radius 3 is 2.44 bits per heavy atom. The molecular weight excluding hydrogens is 230 g/mol. The van der Waals surface area contributed by atoms with Crippen LogP contribution in [0.3, 0.4) is 0 Å². The Labute approximate surface area is 109 Å². The van der Waals surface area contributed by atoms with E-state index in [9.17, 15) is 4.79 Å². The maximum Gasteiger partial charge on any atom is 0.320 e. The van der Waals surface area contributed by atoms with E-state index in [0.29, 0.717) is 12.3 Å². The van der Waals surface area contributed by atoms with Gasteiger partial charge in [0.1, 0.15) is 6.04 Å². The molecule has 104 valence electrons. The van der Waals surface area contributed by atoms with Crippen molar-refractivity contribution in [2.75, 3.05) is 0 Å². The van der Waals surface area contributed by atoms with E-state index in [-0.39, 0.29) is 6.04 Å². The van der Waals surface area contributed by atoms with Gasteiger partial charge in [-0.15, -0.1) is 0 Å². The van der Waals surface area contributed by atoms with Gasteiger partial charge in [0.25, 0.3) is 0 Å². The van der Waals surface area contributed by atoms with Crippen molar-refractivity contribution in [3.05, 3.63) is 12.2 Å². The van der Waals surface area contributed by atoms with Crippen LogP contribution in [-0.2, 0) is 4.79 Å². The predicted octanol–water partition coefficient (Wildman–Crippen LogP) is 1.67. The minimum Gasteiger partial charge on any atom is -0.480 e. The van der Waals surface area contributed by atoms with Gasteiger partial charge in [-0.05, 0) is 19.3 Å². The summed E-state index contributed by atoms with van der Waals surface area (Å²) in [5, 5.41) is 8.63. The van der Waals surface area contributed by atoms with E-state index >= 15 is 0 Å². The summed E-state index contributed by atoms with van der Waals surface area (Å²) in [6.07, 6.45) is 7.66. The third-order valence-electron chi connectivity index (χ3n) is 2.61. The molecule has 0 amide bonds. The number of amidine groups is 1. The van der Waals surface area contributed by atoms with E-state index in [2.05, 4.69) is 11.9 Å². The maximum atomic E-state index is 10.5. The Kier molecular flexibility index (Phi) is 8.92. The van der Waals surface area contributed by atoms with Crippen LogP contribution in [0.25, 0.3) is 0 Å². The van der Waals surface area contributed by atoms with Gasteiger partial charge >= 0.3 is 5.97 Å². The van der Waals surface area contributed by atoms with Gasteiger partial charge in [-0.25, -0.2) is 0 Å². The molecule has 0 saturated carbocycles. The molecule has 0 spiro atoms. The highest BCUT2D eigenvalue weighted by Crippen LogP contribution is 2.08. The molecule has 0 rings (SSSR count). The molecule has 5 nitrogen and oxygen atoms in total. The molecule has 0 aliphatic carbocycles. The van der Waals surface area contributed by atoms with E-state index in [1.807, 2.05) is 13.0 Å². The average Bonchev–Trinajstić information content (AvgIpc) is 2.33. The molecule has 18 heavy (non-hydrogen) atoms. The van der Waals surface area contributed by atoms with Gasteiger partial charge in [-0.1, -0.05) is 32.4 Å². The lowest BCUT2D eigenvalue weighted by Gasteiger charge is -2.10. The molecule has 0 aromatic heterocycles. The van der Waals surface area contributed by atoms with Crippen LogP contribution in [0.1, 0.15) is 46.0 Å². The first kappa shape index (κ1) is 16.6. The van der Waals surface area contributed by atoms with Crippen molar-refractivity contribution in [3.8, 4) is 0 Å². The molecule has 1 unspecified atom stereocenters. The van der Waals surface area contributed by atoms with Crippen LogP contribution >= 0.6 is 0 Å². The van der Waals surface area contributed by atoms with Gasteiger partial charge in [0.15, 0.2) is 0 Å². The average molecular weight is 255 g/mol. The third kappa shape index (κ3) is 7.84. The molecule has 0 aromatic carbocycles. The zero-order valence-electron chi connectivity index (χ0n) is 11.3. The van der Waals surface area contributed by atoms with Crippen LogP contribution in [0.4, 0.5) is 0 Å². The maximum absolute atomic E-state index is 10.5. The van der Waals surface area contributed by atoms with Crippen molar-refractivity contribution in [1.29, 1.82) is 0 Å². The highest BCUT2D eigenvalue weighted by molar-refractivity contribution is 5.80. The topological polar surface area (TPSA) is 102 Å². The lowest BCUT2D eigenvalue weighted by Crippen LogP contribution is -2.29. The number of hydrogen-bond donors (Lipinski definition) is 3. The molecule has 0 bridgehead atoms. The lowest BCUT2D eigenvalue weighted by molar-refractivity contribution is -0.138. The fourth-order valence-corrected chi connectivity index (χ4v) is 1.49. The van der Waals surface area contributed by atoms with Crippen LogP contribution in [-0.4, -0.2) is 29.0 Å². The van der Waals surface area contributed by atoms with Gasteiger partial charge in [-0.3, -0.25) is 9.79 Å². The molecule has 0 radical (unpaired) electrons. The Morgan fingerprint density at radius 1 is 1.33 bits per heavy atom. The van der Waals surface area contributed by atoms with Crippen LogP contribution in [0.5, 0.6) is 0 Å². The zero-order chi connectivity index (χ0) is 14.0. The van der Waals surface area contributed by atoms with Crippen LogP contribution < -0.4 is 11.5 Å². The summed E-state index contributed by atoms with van der Waals surface area (Å²) >= 11 is 0. The predicted molar refractivity (Wildman–Crippen MR) is 74.6 cm³/mol.